The maximum Gasteiger partial charge on any atom is 0.257 e. The van der Waals surface area contributed by atoms with E-state index in [1.165, 1.54) is 0 Å². The lowest BCUT2D eigenvalue weighted by atomic mass is 10.1. The smallest absolute Gasteiger partial charge is 0.257 e. The molecule has 0 aliphatic rings. The Hall–Kier alpha value is -2.25. The quantitative estimate of drug-likeness (QED) is 0.748. The first-order valence-corrected chi connectivity index (χ1v) is 8.08. The van der Waals surface area contributed by atoms with Crippen LogP contribution in [0.25, 0.3) is 11.5 Å². The summed E-state index contributed by atoms with van der Waals surface area (Å²) in [6.45, 7) is 4.67. The molecule has 0 amide bonds. The molecule has 0 spiro atoms. The number of hydrogen-bond acceptors (Lipinski definition) is 7. The molecule has 23 heavy (non-hydrogen) atoms. The molecule has 3 rings (SSSR count). The van der Waals surface area contributed by atoms with E-state index in [4.69, 9.17) is 9.26 Å². The van der Waals surface area contributed by atoms with E-state index in [9.17, 15) is 0 Å². The summed E-state index contributed by atoms with van der Waals surface area (Å²) in [6, 6.07) is 7.51. The van der Waals surface area contributed by atoms with E-state index in [2.05, 4.69) is 34.3 Å². The molecule has 120 valence electrons. The third kappa shape index (κ3) is 3.57. The number of ether oxygens (including phenoxy) is 1. The lowest BCUT2D eigenvalue weighted by Crippen LogP contribution is -2.36. The highest BCUT2D eigenvalue weighted by Gasteiger charge is 2.23. The summed E-state index contributed by atoms with van der Waals surface area (Å²) in [5.74, 6) is 1.90. The predicted octanol–water partition coefficient (Wildman–Crippen LogP) is 3.23. The highest BCUT2D eigenvalue weighted by atomic mass is 32.1. The normalized spacial score (nSPS) is 11.6. The number of methoxy groups -OCH3 is 1. The van der Waals surface area contributed by atoms with Crippen molar-refractivity contribution in [2.75, 3.05) is 7.11 Å². The van der Waals surface area contributed by atoms with Gasteiger partial charge in [0.15, 0.2) is 5.82 Å². The molecule has 0 saturated heterocycles. The van der Waals surface area contributed by atoms with Crippen LogP contribution in [-0.2, 0) is 12.1 Å². The zero-order chi connectivity index (χ0) is 16.3. The van der Waals surface area contributed by atoms with Gasteiger partial charge in [-0.25, -0.2) is 4.98 Å². The summed E-state index contributed by atoms with van der Waals surface area (Å²) < 4.78 is 10.5. The van der Waals surface area contributed by atoms with Crippen LogP contribution in [-0.4, -0.2) is 22.2 Å². The maximum absolute atomic E-state index is 5.33. The van der Waals surface area contributed by atoms with Crippen molar-refractivity contribution in [3.8, 4) is 17.2 Å². The molecule has 0 fully saturated rings. The monoisotopic (exact) mass is 330 g/mol. The highest BCUT2D eigenvalue weighted by molar-refractivity contribution is 7.09. The molecular formula is C16H18N4O2S. The van der Waals surface area contributed by atoms with E-state index < -0.39 is 0 Å². The van der Waals surface area contributed by atoms with Gasteiger partial charge in [-0.3, -0.25) is 5.32 Å². The minimum atomic E-state index is -0.241. The molecule has 7 heteroatoms. The van der Waals surface area contributed by atoms with Crippen LogP contribution < -0.4 is 10.1 Å². The molecule has 2 heterocycles. The van der Waals surface area contributed by atoms with E-state index in [0.717, 1.165) is 16.3 Å². The molecule has 0 saturated carbocycles. The fraction of sp³-hybridized carbons (Fsp3) is 0.312. The molecule has 1 aromatic carbocycles. The van der Waals surface area contributed by atoms with Crippen molar-refractivity contribution in [3.05, 3.63) is 46.7 Å². The average Bonchev–Trinajstić information content (AvgIpc) is 3.25. The van der Waals surface area contributed by atoms with Crippen LogP contribution in [0.15, 0.2) is 40.4 Å². The number of rotatable bonds is 6. The van der Waals surface area contributed by atoms with Crippen molar-refractivity contribution in [1.82, 2.24) is 20.4 Å². The first-order chi connectivity index (χ1) is 11.1. The van der Waals surface area contributed by atoms with E-state index in [1.54, 1.807) is 24.6 Å². The molecular weight excluding hydrogens is 312 g/mol. The molecule has 2 aromatic heterocycles. The summed E-state index contributed by atoms with van der Waals surface area (Å²) in [5.41, 5.74) is 0.624. The largest absolute Gasteiger partial charge is 0.497 e. The van der Waals surface area contributed by atoms with Gasteiger partial charge < -0.3 is 9.26 Å². The molecule has 6 nitrogen and oxygen atoms in total. The number of aromatic nitrogens is 3. The van der Waals surface area contributed by atoms with Crippen LogP contribution in [0.2, 0.25) is 0 Å². The second-order valence-corrected chi connectivity index (χ2v) is 6.45. The average molecular weight is 330 g/mol. The third-order valence-corrected chi connectivity index (χ3v) is 4.56. The number of thiazole rings is 1. The molecule has 0 atom stereocenters. The van der Waals surface area contributed by atoms with Gasteiger partial charge in [0.25, 0.3) is 5.89 Å². The van der Waals surface area contributed by atoms with E-state index in [1.807, 2.05) is 29.6 Å². The van der Waals surface area contributed by atoms with Gasteiger partial charge >= 0.3 is 0 Å². The fourth-order valence-corrected chi connectivity index (χ4v) is 2.82. The Kier molecular flexibility index (Phi) is 4.40. The number of nitrogens with one attached hydrogen (secondary N) is 1. The van der Waals surface area contributed by atoms with Crippen molar-refractivity contribution in [2.45, 2.75) is 25.9 Å². The van der Waals surface area contributed by atoms with Crippen molar-refractivity contribution >= 4 is 11.3 Å². The van der Waals surface area contributed by atoms with E-state index in [0.29, 0.717) is 18.3 Å². The van der Waals surface area contributed by atoms with Gasteiger partial charge in [0.05, 0.1) is 19.2 Å². The highest BCUT2D eigenvalue weighted by Crippen LogP contribution is 2.23. The molecule has 0 aliphatic carbocycles. The minimum Gasteiger partial charge on any atom is -0.497 e. The zero-order valence-electron chi connectivity index (χ0n) is 13.2. The molecule has 3 aromatic rings. The van der Waals surface area contributed by atoms with Crippen molar-refractivity contribution in [3.63, 3.8) is 0 Å². The third-order valence-electron chi connectivity index (χ3n) is 3.46. The van der Waals surface area contributed by atoms with Crippen LogP contribution in [0, 0.1) is 0 Å². The van der Waals surface area contributed by atoms with Gasteiger partial charge in [-0.05, 0) is 38.1 Å². The van der Waals surface area contributed by atoms with Crippen LogP contribution in [0.3, 0.4) is 0 Å². The molecule has 1 N–H and O–H groups in total. The second-order valence-electron chi connectivity index (χ2n) is 5.56. The Labute approximate surface area is 138 Å². The second kappa shape index (κ2) is 6.47. The number of hydrogen-bond donors (Lipinski definition) is 1. The van der Waals surface area contributed by atoms with Gasteiger partial charge in [-0.15, -0.1) is 11.3 Å². The van der Waals surface area contributed by atoms with E-state index >= 15 is 0 Å². The van der Waals surface area contributed by atoms with Crippen LogP contribution >= 0.6 is 11.3 Å². The number of benzene rings is 1. The maximum atomic E-state index is 5.33. The van der Waals surface area contributed by atoms with E-state index in [-0.39, 0.29) is 5.54 Å². The van der Waals surface area contributed by atoms with Gasteiger partial charge in [0, 0.05) is 17.1 Å². The summed E-state index contributed by atoms with van der Waals surface area (Å²) in [6.07, 6.45) is 1.81. The summed E-state index contributed by atoms with van der Waals surface area (Å²) in [5, 5.41) is 10.4. The predicted molar refractivity (Wildman–Crippen MR) is 88.3 cm³/mol. The summed E-state index contributed by atoms with van der Waals surface area (Å²) in [7, 11) is 1.63. The lowest BCUT2D eigenvalue weighted by molar-refractivity contribution is 0.377. The van der Waals surface area contributed by atoms with Gasteiger partial charge in [0.2, 0.25) is 0 Å². The van der Waals surface area contributed by atoms with Gasteiger partial charge in [-0.2, -0.15) is 4.98 Å². The van der Waals surface area contributed by atoms with Crippen molar-refractivity contribution < 1.29 is 9.26 Å². The first-order valence-electron chi connectivity index (χ1n) is 7.20. The van der Waals surface area contributed by atoms with Crippen LogP contribution in [0.4, 0.5) is 0 Å². The first kappa shape index (κ1) is 15.6. The summed E-state index contributed by atoms with van der Waals surface area (Å²) >= 11 is 1.62. The van der Waals surface area contributed by atoms with Gasteiger partial charge in [0.1, 0.15) is 10.8 Å². The van der Waals surface area contributed by atoms with Crippen LogP contribution in [0.5, 0.6) is 5.75 Å². The minimum absolute atomic E-state index is 0.241. The summed E-state index contributed by atoms with van der Waals surface area (Å²) in [4.78, 5) is 8.77. The lowest BCUT2D eigenvalue weighted by Gasteiger charge is -2.22. The SMILES string of the molecule is COc1ccc(-c2nc(CNC(C)(C)c3nccs3)no2)cc1. The Balaban J connectivity index is 1.67. The van der Waals surface area contributed by atoms with Crippen molar-refractivity contribution in [2.24, 2.45) is 0 Å². The molecule has 0 radical (unpaired) electrons. The Morgan fingerprint density at radius 3 is 2.70 bits per heavy atom. The molecule has 0 bridgehead atoms. The zero-order valence-corrected chi connectivity index (χ0v) is 14.1. The fourth-order valence-electron chi connectivity index (χ4n) is 2.08. The topological polar surface area (TPSA) is 73.1 Å². The van der Waals surface area contributed by atoms with Crippen molar-refractivity contribution in [1.29, 1.82) is 0 Å². The van der Waals surface area contributed by atoms with Gasteiger partial charge in [-0.1, -0.05) is 5.16 Å². The Morgan fingerprint density at radius 1 is 1.26 bits per heavy atom. The number of nitrogens with zero attached hydrogens (tertiary/aromatic N) is 3. The Morgan fingerprint density at radius 2 is 2.04 bits per heavy atom. The molecule has 0 unspecified atom stereocenters. The van der Waals surface area contributed by atoms with Crippen LogP contribution in [0.1, 0.15) is 24.7 Å². The molecule has 0 aliphatic heterocycles. The standard InChI is InChI=1S/C16H18N4O2S/c1-16(2,15-17-8-9-23-15)18-10-13-19-14(22-20-13)11-4-6-12(21-3)7-5-11/h4-9,18H,10H2,1-3H3. The Bertz CT molecular complexity index is 751.